The molecule has 0 saturated heterocycles. The molecule has 108 valence electrons. The second-order valence-corrected chi connectivity index (χ2v) is 5.46. The number of aliphatic carboxylic acids is 1. The molecule has 0 aliphatic heterocycles. The zero-order valence-electron chi connectivity index (χ0n) is 11.3. The van der Waals surface area contributed by atoms with E-state index in [9.17, 15) is 4.79 Å². The van der Waals surface area contributed by atoms with Gasteiger partial charge in [0.05, 0.1) is 0 Å². The Kier molecular flexibility index (Phi) is 5.48. The van der Waals surface area contributed by atoms with Crippen LogP contribution in [0.25, 0.3) is 0 Å². The molecule has 1 aromatic rings. The number of hydrogen-bond acceptors (Lipinski definition) is 2. The molecular weight excluding hydrogens is 276 g/mol. The molecule has 1 N–H and O–H groups in total. The normalized spacial score (nSPS) is 14.7. The van der Waals surface area contributed by atoms with Gasteiger partial charge in [-0.25, -0.2) is 0 Å². The van der Waals surface area contributed by atoms with Crippen molar-refractivity contribution in [3.8, 4) is 5.75 Å². The maximum Gasteiger partial charge on any atom is 0.303 e. The highest BCUT2D eigenvalue weighted by molar-refractivity contribution is 6.30. The Morgan fingerprint density at radius 3 is 2.90 bits per heavy atom. The average Bonchev–Trinajstić information content (AvgIpc) is 3.23. The average molecular weight is 295 g/mol. The highest BCUT2D eigenvalue weighted by Gasteiger charge is 2.26. The third kappa shape index (κ3) is 4.89. The molecule has 0 heterocycles. The van der Waals surface area contributed by atoms with Gasteiger partial charge >= 0.3 is 5.97 Å². The Morgan fingerprint density at radius 1 is 1.40 bits per heavy atom. The van der Waals surface area contributed by atoms with Crippen LogP contribution >= 0.6 is 11.6 Å². The molecule has 2 rings (SSSR count). The van der Waals surface area contributed by atoms with Crippen molar-refractivity contribution < 1.29 is 14.6 Å². The van der Waals surface area contributed by atoms with Crippen LogP contribution in [0.4, 0.5) is 0 Å². The summed E-state index contributed by atoms with van der Waals surface area (Å²) in [7, 11) is 0. The molecule has 1 aliphatic carbocycles. The molecule has 1 aliphatic rings. The van der Waals surface area contributed by atoms with Gasteiger partial charge in [-0.1, -0.05) is 23.8 Å². The quantitative estimate of drug-likeness (QED) is 0.571. The van der Waals surface area contributed by atoms with Crippen LogP contribution in [0.1, 0.15) is 43.6 Å². The first-order valence-electron chi connectivity index (χ1n) is 6.96. The van der Waals surface area contributed by atoms with Crippen molar-refractivity contribution in [2.75, 3.05) is 6.61 Å². The first-order chi connectivity index (χ1) is 9.66. The Balaban J connectivity index is 1.76. The Morgan fingerprint density at radius 2 is 2.20 bits per heavy atom. The molecule has 0 spiro atoms. The van der Waals surface area contributed by atoms with E-state index in [2.05, 4.69) is 0 Å². The molecule has 1 aromatic carbocycles. The van der Waals surface area contributed by atoms with Gasteiger partial charge in [-0.05, 0) is 55.4 Å². The highest BCUT2D eigenvalue weighted by atomic mass is 35.5. The third-order valence-corrected chi connectivity index (χ3v) is 3.49. The van der Waals surface area contributed by atoms with Crippen LogP contribution in [0.2, 0.25) is 5.02 Å². The summed E-state index contributed by atoms with van der Waals surface area (Å²) in [5.41, 5.74) is 1.21. The summed E-state index contributed by atoms with van der Waals surface area (Å²) in [5, 5.41) is 9.27. The van der Waals surface area contributed by atoms with Gasteiger partial charge in [-0.3, -0.25) is 4.79 Å². The topological polar surface area (TPSA) is 46.5 Å². The van der Waals surface area contributed by atoms with E-state index < -0.39 is 5.97 Å². The molecule has 0 bridgehead atoms. The summed E-state index contributed by atoms with van der Waals surface area (Å²) < 4.78 is 5.76. The number of rotatable bonds is 8. The maximum atomic E-state index is 10.3. The smallest absolute Gasteiger partial charge is 0.303 e. The lowest BCUT2D eigenvalue weighted by atomic mass is 10.1. The van der Waals surface area contributed by atoms with Crippen LogP contribution in [0.3, 0.4) is 0 Å². The molecule has 0 aromatic heterocycles. The molecule has 1 saturated carbocycles. The van der Waals surface area contributed by atoms with Gasteiger partial charge in [0, 0.05) is 11.4 Å². The van der Waals surface area contributed by atoms with E-state index in [1.165, 1.54) is 18.4 Å². The number of allylic oxidation sites excluding steroid dienone is 1. The minimum Gasteiger partial charge on any atom is -0.489 e. The Hall–Kier alpha value is -1.48. The number of unbranched alkanes of at least 4 members (excludes halogenated alkanes) is 1. The minimum atomic E-state index is -0.745. The fourth-order valence-corrected chi connectivity index (χ4v) is 2.24. The van der Waals surface area contributed by atoms with Crippen molar-refractivity contribution in [3.63, 3.8) is 0 Å². The van der Waals surface area contributed by atoms with Gasteiger partial charge in [0.25, 0.3) is 0 Å². The number of carboxylic acids is 1. The van der Waals surface area contributed by atoms with E-state index in [0.717, 1.165) is 17.2 Å². The van der Waals surface area contributed by atoms with Crippen LogP contribution in [0, 0.1) is 0 Å². The predicted molar refractivity (Wildman–Crippen MR) is 79.5 cm³/mol. The zero-order valence-corrected chi connectivity index (χ0v) is 12.1. The summed E-state index contributed by atoms with van der Waals surface area (Å²) >= 11 is 6.02. The number of carbonyl (C=O) groups is 1. The molecule has 1 fully saturated rings. The lowest BCUT2D eigenvalue weighted by Gasteiger charge is -2.09. The SMILES string of the molecule is O=C(O)CCC/C=C/COc1ccc(Cl)cc1C1CC1. The van der Waals surface area contributed by atoms with Gasteiger partial charge < -0.3 is 9.84 Å². The fraction of sp³-hybridized carbons (Fsp3) is 0.438. The summed E-state index contributed by atoms with van der Waals surface area (Å²) in [4.78, 5) is 10.3. The van der Waals surface area contributed by atoms with Crippen molar-refractivity contribution in [2.24, 2.45) is 0 Å². The van der Waals surface area contributed by atoms with Crippen molar-refractivity contribution in [3.05, 3.63) is 40.9 Å². The molecule has 0 radical (unpaired) electrons. The Bertz CT molecular complexity index is 492. The monoisotopic (exact) mass is 294 g/mol. The van der Waals surface area contributed by atoms with E-state index in [1.807, 2.05) is 30.4 Å². The third-order valence-electron chi connectivity index (χ3n) is 3.25. The number of ether oxygens (including phenoxy) is 1. The van der Waals surface area contributed by atoms with Crippen molar-refractivity contribution in [2.45, 2.75) is 38.0 Å². The van der Waals surface area contributed by atoms with E-state index >= 15 is 0 Å². The zero-order chi connectivity index (χ0) is 14.4. The Labute approximate surface area is 124 Å². The van der Waals surface area contributed by atoms with E-state index in [4.69, 9.17) is 21.4 Å². The number of halogens is 1. The molecular formula is C16H19ClO3. The molecule has 0 amide bonds. The number of benzene rings is 1. The molecule has 0 unspecified atom stereocenters. The molecule has 0 atom stereocenters. The van der Waals surface area contributed by atoms with Gasteiger partial charge in [0.2, 0.25) is 0 Å². The number of carboxylic acid groups (broad SMARTS) is 1. The molecule has 3 nitrogen and oxygen atoms in total. The first-order valence-corrected chi connectivity index (χ1v) is 7.33. The highest BCUT2D eigenvalue weighted by Crippen LogP contribution is 2.45. The fourth-order valence-electron chi connectivity index (χ4n) is 2.06. The minimum absolute atomic E-state index is 0.216. The van der Waals surface area contributed by atoms with Crippen molar-refractivity contribution in [1.82, 2.24) is 0 Å². The summed E-state index contributed by atoms with van der Waals surface area (Å²) in [6, 6.07) is 5.76. The van der Waals surface area contributed by atoms with Crippen molar-refractivity contribution >= 4 is 17.6 Å². The first kappa shape index (κ1) is 14.9. The standard InChI is InChI=1S/C16H19ClO3/c17-13-8-9-15(14(11-13)12-6-7-12)20-10-4-2-1-3-5-16(18)19/h2,4,8-9,11-12H,1,3,5-7,10H2,(H,18,19)/b4-2+. The van der Waals surface area contributed by atoms with Crippen LogP contribution in [-0.4, -0.2) is 17.7 Å². The van der Waals surface area contributed by atoms with Gasteiger partial charge in [-0.2, -0.15) is 0 Å². The van der Waals surface area contributed by atoms with Crippen LogP contribution < -0.4 is 4.74 Å². The molecule has 20 heavy (non-hydrogen) atoms. The van der Waals surface area contributed by atoms with E-state index in [-0.39, 0.29) is 6.42 Å². The van der Waals surface area contributed by atoms with Gasteiger partial charge in [-0.15, -0.1) is 0 Å². The van der Waals surface area contributed by atoms with Crippen LogP contribution in [-0.2, 0) is 4.79 Å². The summed E-state index contributed by atoms with van der Waals surface area (Å²) in [6.07, 6.45) is 7.98. The summed E-state index contributed by atoms with van der Waals surface area (Å²) in [5.74, 6) is 0.764. The summed E-state index contributed by atoms with van der Waals surface area (Å²) in [6.45, 7) is 0.508. The van der Waals surface area contributed by atoms with Gasteiger partial charge in [0.15, 0.2) is 0 Å². The number of hydrogen-bond donors (Lipinski definition) is 1. The predicted octanol–water partition coefficient (Wildman–Crippen LogP) is 4.41. The van der Waals surface area contributed by atoms with Crippen LogP contribution in [0.15, 0.2) is 30.4 Å². The maximum absolute atomic E-state index is 10.3. The second kappa shape index (κ2) is 7.34. The lowest BCUT2D eigenvalue weighted by molar-refractivity contribution is -0.137. The largest absolute Gasteiger partial charge is 0.489 e. The van der Waals surface area contributed by atoms with E-state index in [1.54, 1.807) is 0 Å². The van der Waals surface area contributed by atoms with Crippen LogP contribution in [0.5, 0.6) is 5.75 Å². The lowest BCUT2D eigenvalue weighted by Crippen LogP contribution is -1.97. The van der Waals surface area contributed by atoms with Crippen molar-refractivity contribution in [1.29, 1.82) is 0 Å². The van der Waals surface area contributed by atoms with Gasteiger partial charge in [0.1, 0.15) is 12.4 Å². The van der Waals surface area contributed by atoms with E-state index in [0.29, 0.717) is 18.9 Å². The second-order valence-electron chi connectivity index (χ2n) is 5.02. The molecule has 4 heteroatoms.